The zero-order chi connectivity index (χ0) is 16.7. The van der Waals surface area contributed by atoms with E-state index in [1.54, 1.807) is 26.4 Å². The van der Waals surface area contributed by atoms with Crippen LogP contribution >= 0.6 is 15.9 Å². The second kappa shape index (κ2) is 9.03. The van der Waals surface area contributed by atoms with E-state index in [1.165, 1.54) is 6.42 Å². The molecule has 4 nitrogen and oxygen atoms in total. The molecule has 0 aromatic heterocycles. The number of benzene rings is 1. The Labute approximate surface area is 141 Å². The highest BCUT2D eigenvalue weighted by atomic mass is 79.9. The van der Waals surface area contributed by atoms with E-state index in [4.69, 9.17) is 9.47 Å². The van der Waals surface area contributed by atoms with E-state index in [0.717, 1.165) is 12.8 Å². The summed E-state index contributed by atoms with van der Waals surface area (Å²) in [5, 5.41) is 3.03. The Hall–Kier alpha value is -1.23. The average molecular weight is 372 g/mol. The molecule has 0 saturated carbocycles. The molecule has 124 valence electrons. The van der Waals surface area contributed by atoms with Gasteiger partial charge in [0.2, 0.25) is 0 Å². The topological polar surface area (TPSA) is 47.6 Å². The van der Waals surface area contributed by atoms with Crippen molar-refractivity contribution in [2.45, 2.75) is 46.1 Å². The zero-order valence-corrected chi connectivity index (χ0v) is 15.6. The first-order chi connectivity index (χ1) is 10.4. The molecule has 1 amide bonds. The second-order valence-electron chi connectivity index (χ2n) is 5.89. The number of rotatable bonds is 8. The van der Waals surface area contributed by atoms with E-state index >= 15 is 0 Å². The maximum absolute atomic E-state index is 12.4. The van der Waals surface area contributed by atoms with Crippen LogP contribution in [0.2, 0.25) is 0 Å². The lowest BCUT2D eigenvalue weighted by molar-refractivity contribution is 0.0937. The predicted molar refractivity (Wildman–Crippen MR) is 92.9 cm³/mol. The second-order valence-corrected chi connectivity index (χ2v) is 6.69. The fourth-order valence-corrected chi connectivity index (χ4v) is 2.76. The van der Waals surface area contributed by atoms with E-state index in [9.17, 15) is 4.79 Å². The highest BCUT2D eigenvalue weighted by molar-refractivity contribution is 9.10. The Bertz CT molecular complexity index is 478. The van der Waals surface area contributed by atoms with Gasteiger partial charge < -0.3 is 14.8 Å². The lowest BCUT2D eigenvalue weighted by Gasteiger charge is -2.16. The summed E-state index contributed by atoms with van der Waals surface area (Å²) in [4.78, 5) is 12.4. The Morgan fingerprint density at radius 1 is 1.14 bits per heavy atom. The van der Waals surface area contributed by atoms with Crippen LogP contribution in [0.1, 0.15) is 50.4 Å². The summed E-state index contributed by atoms with van der Waals surface area (Å²) in [5.74, 6) is 1.75. The van der Waals surface area contributed by atoms with Gasteiger partial charge in [-0.25, -0.2) is 0 Å². The number of hydrogen-bond acceptors (Lipinski definition) is 3. The van der Waals surface area contributed by atoms with Gasteiger partial charge in [-0.3, -0.25) is 4.79 Å². The molecule has 0 aliphatic carbocycles. The molecular formula is C17H26BrNO3. The van der Waals surface area contributed by atoms with Gasteiger partial charge in [-0.1, -0.05) is 26.7 Å². The molecule has 0 bridgehead atoms. The van der Waals surface area contributed by atoms with Crippen molar-refractivity contribution in [1.29, 1.82) is 0 Å². The van der Waals surface area contributed by atoms with E-state index in [0.29, 0.717) is 27.5 Å². The number of carbonyl (C=O) groups excluding carboxylic acids is 1. The van der Waals surface area contributed by atoms with Crippen LogP contribution in [0.3, 0.4) is 0 Å². The first-order valence-electron chi connectivity index (χ1n) is 7.61. The highest BCUT2D eigenvalue weighted by Gasteiger charge is 2.16. The number of methoxy groups -OCH3 is 2. The van der Waals surface area contributed by atoms with Crippen LogP contribution in [0.25, 0.3) is 0 Å². The van der Waals surface area contributed by atoms with Crippen LogP contribution in [0.15, 0.2) is 16.6 Å². The fourth-order valence-electron chi connectivity index (χ4n) is 2.21. The van der Waals surface area contributed by atoms with Crippen LogP contribution in [-0.2, 0) is 0 Å². The molecule has 1 rings (SSSR count). The van der Waals surface area contributed by atoms with Crippen molar-refractivity contribution in [2.24, 2.45) is 5.92 Å². The highest BCUT2D eigenvalue weighted by Crippen LogP contribution is 2.35. The molecule has 0 spiro atoms. The number of halogens is 1. The summed E-state index contributed by atoms with van der Waals surface area (Å²) >= 11 is 3.40. The van der Waals surface area contributed by atoms with Gasteiger partial charge in [0.1, 0.15) is 16.0 Å². The Morgan fingerprint density at radius 3 is 2.14 bits per heavy atom. The fraction of sp³-hybridized carbons (Fsp3) is 0.588. The van der Waals surface area contributed by atoms with Crippen molar-refractivity contribution in [1.82, 2.24) is 5.32 Å². The summed E-state index contributed by atoms with van der Waals surface area (Å²) in [6.07, 6.45) is 3.28. The third-order valence-electron chi connectivity index (χ3n) is 3.50. The van der Waals surface area contributed by atoms with Crippen molar-refractivity contribution >= 4 is 21.8 Å². The monoisotopic (exact) mass is 371 g/mol. The van der Waals surface area contributed by atoms with Crippen molar-refractivity contribution in [3.63, 3.8) is 0 Å². The number of nitrogens with one attached hydrogen (secondary N) is 1. The molecular weight excluding hydrogens is 346 g/mol. The summed E-state index contributed by atoms with van der Waals surface area (Å²) < 4.78 is 11.2. The molecule has 1 atom stereocenters. The third kappa shape index (κ3) is 5.52. The molecule has 0 aliphatic rings. The maximum atomic E-state index is 12.4. The molecule has 0 heterocycles. The number of ether oxygens (including phenoxy) is 2. The van der Waals surface area contributed by atoms with E-state index in [1.807, 2.05) is 6.92 Å². The number of carbonyl (C=O) groups is 1. The number of amides is 1. The Balaban J connectivity index is 2.72. The van der Waals surface area contributed by atoms with Gasteiger partial charge in [0.05, 0.1) is 14.2 Å². The van der Waals surface area contributed by atoms with Gasteiger partial charge in [0.25, 0.3) is 5.91 Å². The summed E-state index contributed by atoms with van der Waals surface area (Å²) in [6.45, 7) is 6.46. The lowest BCUT2D eigenvalue weighted by Crippen LogP contribution is -2.32. The van der Waals surface area contributed by atoms with Crippen LogP contribution < -0.4 is 14.8 Å². The van der Waals surface area contributed by atoms with Crippen LogP contribution in [0, 0.1) is 5.92 Å². The molecule has 1 unspecified atom stereocenters. The molecule has 0 aliphatic heterocycles. The first kappa shape index (κ1) is 18.8. The number of hydrogen-bond donors (Lipinski definition) is 1. The largest absolute Gasteiger partial charge is 0.495 e. The van der Waals surface area contributed by atoms with Gasteiger partial charge in [0, 0.05) is 11.6 Å². The molecule has 5 heteroatoms. The summed E-state index contributed by atoms with van der Waals surface area (Å²) in [7, 11) is 3.13. The maximum Gasteiger partial charge on any atom is 0.251 e. The minimum atomic E-state index is -0.110. The van der Waals surface area contributed by atoms with Crippen LogP contribution in [0.5, 0.6) is 11.5 Å². The SMILES string of the molecule is COc1cc(C(=O)NC(C)CCCC(C)C)cc(OC)c1Br. The van der Waals surface area contributed by atoms with E-state index < -0.39 is 0 Å². The molecule has 22 heavy (non-hydrogen) atoms. The van der Waals surface area contributed by atoms with Crippen LogP contribution in [-0.4, -0.2) is 26.2 Å². The molecule has 0 saturated heterocycles. The molecule has 1 aromatic carbocycles. The first-order valence-corrected chi connectivity index (χ1v) is 8.40. The summed E-state index contributed by atoms with van der Waals surface area (Å²) in [5.41, 5.74) is 0.535. The van der Waals surface area contributed by atoms with Crippen LogP contribution in [0.4, 0.5) is 0 Å². The van der Waals surface area contributed by atoms with E-state index in [-0.39, 0.29) is 11.9 Å². The normalized spacial score (nSPS) is 12.1. The van der Waals surface area contributed by atoms with Gasteiger partial charge in [0.15, 0.2) is 0 Å². The average Bonchev–Trinajstić information content (AvgIpc) is 2.46. The zero-order valence-electron chi connectivity index (χ0n) is 14.0. The minimum Gasteiger partial charge on any atom is -0.495 e. The van der Waals surface area contributed by atoms with Crippen molar-refractivity contribution in [3.05, 3.63) is 22.2 Å². The Morgan fingerprint density at radius 2 is 1.68 bits per heavy atom. The standard InChI is InChI=1S/C17H26BrNO3/c1-11(2)7-6-8-12(3)19-17(20)13-9-14(21-4)16(18)15(10-13)22-5/h9-12H,6-8H2,1-5H3,(H,19,20). The molecule has 0 radical (unpaired) electrons. The van der Waals surface area contributed by atoms with Gasteiger partial charge >= 0.3 is 0 Å². The predicted octanol–water partition coefficient (Wildman–Crippen LogP) is 4.41. The summed E-state index contributed by atoms with van der Waals surface area (Å²) in [6, 6.07) is 3.57. The quantitative estimate of drug-likeness (QED) is 0.735. The molecule has 1 aromatic rings. The lowest BCUT2D eigenvalue weighted by atomic mass is 10.0. The molecule has 0 fully saturated rings. The van der Waals surface area contributed by atoms with Gasteiger partial charge in [-0.05, 0) is 47.3 Å². The van der Waals surface area contributed by atoms with Gasteiger partial charge in [-0.15, -0.1) is 0 Å². The van der Waals surface area contributed by atoms with Gasteiger partial charge in [-0.2, -0.15) is 0 Å². The minimum absolute atomic E-state index is 0.110. The van der Waals surface area contributed by atoms with Crippen molar-refractivity contribution < 1.29 is 14.3 Å². The third-order valence-corrected chi connectivity index (χ3v) is 4.29. The Kier molecular flexibility index (Phi) is 7.73. The van der Waals surface area contributed by atoms with Crippen molar-refractivity contribution in [2.75, 3.05) is 14.2 Å². The smallest absolute Gasteiger partial charge is 0.251 e. The van der Waals surface area contributed by atoms with E-state index in [2.05, 4.69) is 35.1 Å². The molecule has 1 N–H and O–H groups in total. The van der Waals surface area contributed by atoms with Crippen molar-refractivity contribution in [3.8, 4) is 11.5 Å².